The molecule has 0 aliphatic carbocycles. The van der Waals surface area contributed by atoms with Gasteiger partial charge in [0.1, 0.15) is 0 Å². The maximum Gasteiger partial charge on any atom is 0.316 e. The summed E-state index contributed by atoms with van der Waals surface area (Å²) in [5.41, 5.74) is -0.392. The summed E-state index contributed by atoms with van der Waals surface area (Å²) in [6, 6.07) is 0. The molecule has 76 valence electrons. The molecule has 0 unspecified atom stereocenters. The Labute approximate surface area is 83.2 Å². The van der Waals surface area contributed by atoms with E-state index in [1.54, 1.807) is 6.92 Å². The van der Waals surface area contributed by atoms with E-state index in [4.69, 9.17) is 4.74 Å². The number of hydrogen-bond acceptors (Lipinski definition) is 4. The van der Waals surface area contributed by atoms with Crippen molar-refractivity contribution in [3.63, 3.8) is 0 Å². The van der Waals surface area contributed by atoms with E-state index in [1.807, 2.05) is 20.8 Å². The van der Waals surface area contributed by atoms with E-state index < -0.39 is 5.41 Å². The third kappa shape index (κ3) is 5.69. The normalized spacial score (nSPS) is 11.1. The van der Waals surface area contributed by atoms with Crippen LogP contribution in [-0.4, -0.2) is 23.4 Å². The molecule has 3 nitrogen and oxygen atoms in total. The fraction of sp³-hybridized carbons (Fsp3) is 0.778. The van der Waals surface area contributed by atoms with E-state index in [9.17, 15) is 9.59 Å². The molecule has 0 N–H and O–H groups in total. The van der Waals surface area contributed by atoms with E-state index in [0.717, 1.165) is 11.8 Å². The second-order valence-electron chi connectivity index (χ2n) is 3.63. The largest absolute Gasteiger partial charge is 0.465 e. The van der Waals surface area contributed by atoms with Gasteiger partial charge in [-0.25, -0.2) is 0 Å². The Morgan fingerprint density at radius 2 is 1.85 bits per heavy atom. The molecule has 4 heteroatoms. The molecule has 0 fully saturated rings. The van der Waals surface area contributed by atoms with E-state index in [2.05, 4.69) is 0 Å². The van der Waals surface area contributed by atoms with Gasteiger partial charge in [0.15, 0.2) is 5.12 Å². The molecule has 0 bridgehead atoms. The fourth-order valence-corrected chi connectivity index (χ4v) is 1.31. The predicted octanol–water partition coefficient (Wildman–Crippen LogP) is 1.86. The van der Waals surface area contributed by atoms with Crippen LogP contribution in [0.2, 0.25) is 0 Å². The van der Waals surface area contributed by atoms with Crippen LogP contribution in [0.3, 0.4) is 0 Å². The standard InChI is InChI=1S/C9H16O3S/c1-5-12-7(10)6-13-8(11)9(2,3)4/h5-6H2,1-4H3. The Hall–Kier alpha value is -0.510. The van der Waals surface area contributed by atoms with Gasteiger partial charge in [-0.2, -0.15) is 0 Å². The highest BCUT2D eigenvalue weighted by atomic mass is 32.2. The van der Waals surface area contributed by atoms with Crippen LogP contribution >= 0.6 is 11.8 Å². The van der Waals surface area contributed by atoms with Crippen molar-refractivity contribution < 1.29 is 14.3 Å². The Morgan fingerprint density at radius 3 is 2.23 bits per heavy atom. The van der Waals surface area contributed by atoms with Gasteiger partial charge in [-0.05, 0) is 6.92 Å². The maximum absolute atomic E-state index is 11.3. The number of ether oxygens (including phenoxy) is 1. The number of hydrogen-bond donors (Lipinski definition) is 0. The second kappa shape index (κ2) is 5.27. The van der Waals surface area contributed by atoms with E-state index in [1.165, 1.54) is 0 Å². The molecule has 0 aliphatic rings. The van der Waals surface area contributed by atoms with Crippen LogP contribution in [0.5, 0.6) is 0 Å². The van der Waals surface area contributed by atoms with Crippen LogP contribution in [-0.2, 0) is 14.3 Å². The topological polar surface area (TPSA) is 43.4 Å². The molecular formula is C9H16O3S. The Balaban J connectivity index is 3.77. The van der Waals surface area contributed by atoms with Crippen molar-refractivity contribution in [2.75, 3.05) is 12.4 Å². The molecule has 13 heavy (non-hydrogen) atoms. The van der Waals surface area contributed by atoms with E-state index in [0.29, 0.717) is 6.61 Å². The summed E-state index contributed by atoms with van der Waals surface area (Å²) in [7, 11) is 0. The number of rotatable bonds is 3. The second-order valence-corrected chi connectivity index (χ2v) is 4.58. The van der Waals surface area contributed by atoms with Crippen LogP contribution < -0.4 is 0 Å². The van der Waals surface area contributed by atoms with Gasteiger partial charge in [0.05, 0.1) is 12.4 Å². The molecule has 0 aromatic carbocycles. The molecule has 0 atom stereocenters. The third-order valence-corrected chi connectivity index (χ3v) is 2.49. The summed E-state index contributed by atoms with van der Waals surface area (Å²) < 4.78 is 4.69. The van der Waals surface area contributed by atoms with Crippen molar-refractivity contribution in [2.45, 2.75) is 27.7 Å². The zero-order valence-electron chi connectivity index (χ0n) is 8.55. The Bertz CT molecular complexity index is 194. The van der Waals surface area contributed by atoms with Crippen molar-refractivity contribution >= 4 is 22.8 Å². The number of carbonyl (C=O) groups is 2. The monoisotopic (exact) mass is 204 g/mol. The van der Waals surface area contributed by atoms with Crippen LogP contribution in [0.1, 0.15) is 27.7 Å². The van der Waals surface area contributed by atoms with Gasteiger partial charge in [-0.1, -0.05) is 32.5 Å². The molecule has 0 saturated carbocycles. The first-order valence-electron chi connectivity index (χ1n) is 4.20. The first kappa shape index (κ1) is 12.5. The lowest BCUT2D eigenvalue weighted by atomic mass is 10.00. The van der Waals surface area contributed by atoms with Crippen LogP contribution in [0, 0.1) is 5.41 Å². The minimum Gasteiger partial charge on any atom is -0.465 e. The molecular weight excluding hydrogens is 188 g/mol. The van der Waals surface area contributed by atoms with Crippen molar-refractivity contribution in [1.29, 1.82) is 0 Å². The quantitative estimate of drug-likeness (QED) is 0.658. The van der Waals surface area contributed by atoms with Gasteiger partial charge in [0.2, 0.25) is 0 Å². The van der Waals surface area contributed by atoms with Crippen molar-refractivity contribution in [1.82, 2.24) is 0 Å². The summed E-state index contributed by atoms with van der Waals surface area (Å²) in [4.78, 5) is 22.2. The zero-order valence-corrected chi connectivity index (χ0v) is 9.36. The highest BCUT2D eigenvalue weighted by Crippen LogP contribution is 2.22. The molecule has 0 rings (SSSR count). The molecule has 0 radical (unpaired) electrons. The number of thioether (sulfide) groups is 1. The molecule has 0 spiro atoms. The molecule has 0 heterocycles. The minimum atomic E-state index is -0.392. The molecule has 0 aromatic heterocycles. The van der Waals surface area contributed by atoms with Crippen molar-refractivity contribution in [3.8, 4) is 0 Å². The zero-order chi connectivity index (χ0) is 10.5. The van der Waals surface area contributed by atoms with Gasteiger partial charge in [-0.3, -0.25) is 9.59 Å². The lowest BCUT2D eigenvalue weighted by Crippen LogP contribution is -2.19. The van der Waals surface area contributed by atoms with Crippen LogP contribution in [0.15, 0.2) is 0 Å². The average Bonchev–Trinajstić information content (AvgIpc) is 1.99. The van der Waals surface area contributed by atoms with Crippen LogP contribution in [0.25, 0.3) is 0 Å². The first-order chi connectivity index (χ1) is 5.88. The minimum absolute atomic E-state index is 0.0144. The first-order valence-corrected chi connectivity index (χ1v) is 5.19. The van der Waals surface area contributed by atoms with Crippen molar-refractivity contribution in [3.05, 3.63) is 0 Å². The van der Waals surface area contributed by atoms with Gasteiger partial charge in [0.25, 0.3) is 0 Å². The summed E-state index contributed by atoms with van der Waals surface area (Å²) in [5, 5.41) is 0.0144. The molecule has 0 saturated heterocycles. The van der Waals surface area contributed by atoms with Gasteiger partial charge < -0.3 is 4.74 Å². The Kier molecular flexibility index (Phi) is 5.06. The predicted molar refractivity (Wildman–Crippen MR) is 53.6 cm³/mol. The average molecular weight is 204 g/mol. The lowest BCUT2D eigenvalue weighted by Gasteiger charge is -2.14. The van der Waals surface area contributed by atoms with Crippen molar-refractivity contribution in [2.24, 2.45) is 5.41 Å². The highest BCUT2D eigenvalue weighted by molar-refractivity contribution is 8.14. The maximum atomic E-state index is 11.3. The Morgan fingerprint density at radius 1 is 1.31 bits per heavy atom. The van der Waals surface area contributed by atoms with Gasteiger partial charge >= 0.3 is 5.97 Å². The summed E-state index contributed by atoms with van der Waals surface area (Å²) in [6.45, 7) is 7.59. The lowest BCUT2D eigenvalue weighted by molar-refractivity contribution is -0.140. The van der Waals surface area contributed by atoms with Gasteiger partial charge in [-0.15, -0.1) is 0 Å². The number of carbonyl (C=O) groups excluding carboxylic acids is 2. The number of esters is 1. The van der Waals surface area contributed by atoms with E-state index >= 15 is 0 Å². The van der Waals surface area contributed by atoms with E-state index in [-0.39, 0.29) is 16.8 Å². The molecule has 0 aliphatic heterocycles. The fourth-order valence-electron chi connectivity index (χ4n) is 0.544. The summed E-state index contributed by atoms with van der Waals surface area (Å²) in [5.74, 6) is -0.214. The highest BCUT2D eigenvalue weighted by Gasteiger charge is 2.22. The smallest absolute Gasteiger partial charge is 0.316 e. The molecule has 0 aromatic rings. The van der Waals surface area contributed by atoms with Gasteiger partial charge in [0, 0.05) is 5.41 Å². The third-order valence-electron chi connectivity index (χ3n) is 1.24. The van der Waals surface area contributed by atoms with Crippen LogP contribution in [0.4, 0.5) is 0 Å². The summed E-state index contributed by atoms with van der Waals surface area (Å²) >= 11 is 1.02. The SMILES string of the molecule is CCOC(=O)CSC(=O)C(C)(C)C. The summed E-state index contributed by atoms with van der Waals surface area (Å²) in [6.07, 6.45) is 0. The molecule has 0 amide bonds.